The fraction of sp³-hybridized carbons (Fsp3) is 0.522. The minimum absolute atomic E-state index is 0.0251. The Morgan fingerprint density at radius 2 is 1.87 bits per heavy atom. The number of hydrogen-bond acceptors (Lipinski definition) is 4. The Morgan fingerprint density at radius 1 is 1.17 bits per heavy atom. The molecular weight excluding hydrogens is 381 g/mol. The van der Waals surface area contributed by atoms with Gasteiger partial charge in [-0.3, -0.25) is 0 Å². The Kier molecular flexibility index (Phi) is 7.24. The smallest absolute Gasteiger partial charge is 0.317 e. The monoisotopic (exact) mass is 413 g/mol. The molecule has 0 radical (unpaired) electrons. The number of aromatic nitrogens is 2. The van der Waals surface area contributed by atoms with Gasteiger partial charge in [0.25, 0.3) is 0 Å². The number of carbonyl (C=O) groups excluding carboxylic acids is 1. The van der Waals surface area contributed by atoms with Crippen LogP contribution in [0.4, 0.5) is 15.0 Å². The molecule has 3 rings (SSSR count). The maximum atomic E-state index is 14.4. The zero-order valence-corrected chi connectivity index (χ0v) is 18.4. The second-order valence-electron chi connectivity index (χ2n) is 7.86. The van der Waals surface area contributed by atoms with E-state index in [2.05, 4.69) is 24.1 Å². The van der Waals surface area contributed by atoms with Crippen molar-refractivity contribution in [3.05, 3.63) is 52.7 Å². The van der Waals surface area contributed by atoms with Crippen LogP contribution in [0.25, 0.3) is 0 Å². The van der Waals surface area contributed by atoms with Gasteiger partial charge < -0.3 is 15.1 Å². The number of halogens is 1. The second kappa shape index (κ2) is 9.87. The van der Waals surface area contributed by atoms with Crippen LogP contribution in [0.1, 0.15) is 55.8 Å². The van der Waals surface area contributed by atoms with Gasteiger partial charge in [-0.15, -0.1) is 0 Å². The van der Waals surface area contributed by atoms with E-state index in [4.69, 9.17) is 9.97 Å². The predicted octanol–water partition coefficient (Wildman–Crippen LogP) is 3.88. The molecule has 1 saturated heterocycles. The summed E-state index contributed by atoms with van der Waals surface area (Å²) in [4.78, 5) is 25.9. The zero-order chi connectivity index (χ0) is 21.7. The van der Waals surface area contributed by atoms with Gasteiger partial charge in [-0.2, -0.15) is 0 Å². The maximum Gasteiger partial charge on any atom is 0.317 e. The molecule has 2 heterocycles. The molecule has 2 aromatic rings. The highest BCUT2D eigenvalue weighted by molar-refractivity contribution is 5.74. The normalized spacial score (nSPS) is 15.2. The van der Waals surface area contributed by atoms with Gasteiger partial charge in [0.2, 0.25) is 0 Å². The number of anilines is 1. The van der Waals surface area contributed by atoms with E-state index in [1.54, 1.807) is 6.07 Å². The van der Waals surface area contributed by atoms with E-state index >= 15 is 0 Å². The first-order chi connectivity index (χ1) is 14.4. The summed E-state index contributed by atoms with van der Waals surface area (Å²) in [6.45, 7) is 11.4. The molecule has 1 aromatic heterocycles. The molecule has 0 saturated carbocycles. The van der Waals surface area contributed by atoms with E-state index in [1.165, 1.54) is 6.07 Å². The lowest BCUT2D eigenvalue weighted by molar-refractivity contribution is 0.195. The first-order valence-electron chi connectivity index (χ1n) is 10.8. The summed E-state index contributed by atoms with van der Waals surface area (Å²) in [5.74, 6) is 1.74. The maximum absolute atomic E-state index is 14.4. The number of carbonyl (C=O) groups is 1. The highest BCUT2D eigenvalue weighted by Crippen LogP contribution is 2.28. The van der Waals surface area contributed by atoms with Gasteiger partial charge in [-0.1, -0.05) is 32.0 Å². The summed E-state index contributed by atoms with van der Waals surface area (Å²) in [6, 6.07) is 6.84. The average Bonchev–Trinajstić information content (AvgIpc) is 2.76. The Morgan fingerprint density at radius 3 is 2.50 bits per heavy atom. The molecule has 7 heteroatoms. The summed E-state index contributed by atoms with van der Waals surface area (Å²) >= 11 is 0. The lowest BCUT2D eigenvalue weighted by Crippen LogP contribution is -2.52. The van der Waals surface area contributed by atoms with Crippen LogP contribution in [-0.2, 0) is 6.42 Å². The van der Waals surface area contributed by atoms with Crippen molar-refractivity contribution in [3.8, 4) is 0 Å². The number of nitrogens with zero attached hydrogens (tertiary/aromatic N) is 4. The van der Waals surface area contributed by atoms with Gasteiger partial charge in [0.1, 0.15) is 17.5 Å². The molecule has 1 aliphatic rings. The van der Waals surface area contributed by atoms with E-state index in [0.717, 1.165) is 29.3 Å². The fourth-order valence-corrected chi connectivity index (χ4v) is 3.69. The number of rotatable bonds is 6. The van der Waals surface area contributed by atoms with Crippen molar-refractivity contribution in [1.82, 2.24) is 20.2 Å². The SMILES string of the molecule is CCNC(=O)N1CCN(c2nc(C(C)CC)nc(C)c2Cc2ccccc2F)CC1. The van der Waals surface area contributed by atoms with Crippen molar-refractivity contribution < 1.29 is 9.18 Å². The van der Waals surface area contributed by atoms with Crippen LogP contribution in [0.2, 0.25) is 0 Å². The number of aryl methyl sites for hydroxylation is 1. The third kappa shape index (κ3) is 4.89. The minimum atomic E-state index is -0.213. The Bertz CT molecular complexity index is 880. The molecule has 1 unspecified atom stereocenters. The lowest BCUT2D eigenvalue weighted by atomic mass is 10.0. The molecule has 6 nitrogen and oxygen atoms in total. The highest BCUT2D eigenvalue weighted by Gasteiger charge is 2.25. The molecule has 1 N–H and O–H groups in total. The van der Waals surface area contributed by atoms with Crippen LogP contribution in [-0.4, -0.2) is 53.6 Å². The van der Waals surface area contributed by atoms with Gasteiger partial charge in [0.05, 0.1) is 0 Å². The Labute approximate surface area is 178 Å². The summed E-state index contributed by atoms with van der Waals surface area (Å²) in [7, 11) is 0. The van der Waals surface area contributed by atoms with Crippen molar-refractivity contribution in [3.63, 3.8) is 0 Å². The molecule has 1 aliphatic heterocycles. The van der Waals surface area contributed by atoms with Gasteiger partial charge >= 0.3 is 6.03 Å². The average molecular weight is 414 g/mol. The zero-order valence-electron chi connectivity index (χ0n) is 18.4. The number of amides is 2. The lowest BCUT2D eigenvalue weighted by Gasteiger charge is -2.36. The van der Waals surface area contributed by atoms with Crippen LogP contribution in [0.3, 0.4) is 0 Å². The molecular formula is C23H32FN5O. The topological polar surface area (TPSA) is 61.4 Å². The largest absolute Gasteiger partial charge is 0.353 e. The van der Waals surface area contributed by atoms with Gasteiger partial charge in [-0.05, 0) is 31.9 Å². The standard InChI is InChI=1S/C23H32FN5O/c1-5-16(3)21-26-17(4)19(15-18-9-7-8-10-20(18)24)22(27-21)28-11-13-29(14-12-28)23(30)25-6-2/h7-10,16H,5-6,11-15H2,1-4H3,(H,25,30). The molecule has 0 spiro atoms. The summed E-state index contributed by atoms with van der Waals surface area (Å²) in [5.41, 5.74) is 2.49. The van der Waals surface area contributed by atoms with Crippen molar-refractivity contribution >= 4 is 11.8 Å². The van der Waals surface area contributed by atoms with Gasteiger partial charge in [0.15, 0.2) is 0 Å². The predicted molar refractivity (Wildman–Crippen MR) is 118 cm³/mol. The van der Waals surface area contributed by atoms with Crippen molar-refractivity contribution in [2.75, 3.05) is 37.6 Å². The van der Waals surface area contributed by atoms with Crippen LogP contribution in [0.5, 0.6) is 0 Å². The van der Waals surface area contributed by atoms with Crippen molar-refractivity contribution in [1.29, 1.82) is 0 Å². The van der Waals surface area contributed by atoms with Crippen LogP contribution < -0.4 is 10.2 Å². The van der Waals surface area contributed by atoms with E-state index in [9.17, 15) is 9.18 Å². The third-order valence-electron chi connectivity index (χ3n) is 5.78. The molecule has 1 fully saturated rings. The molecule has 162 valence electrons. The second-order valence-corrected chi connectivity index (χ2v) is 7.86. The summed E-state index contributed by atoms with van der Waals surface area (Å²) in [5, 5.41) is 2.86. The number of urea groups is 1. The molecule has 1 aromatic carbocycles. The number of piperazine rings is 1. The van der Waals surface area contributed by atoms with E-state index in [-0.39, 0.29) is 17.8 Å². The van der Waals surface area contributed by atoms with Crippen molar-refractivity contribution in [2.24, 2.45) is 0 Å². The van der Waals surface area contributed by atoms with E-state index < -0.39 is 0 Å². The van der Waals surface area contributed by atoms with Crippen LogP contribution in [0.15, 0.2) is 24.3 Å². The van der Waals surface area contributed by atoms with Crippen molar-refractivity contribution in [2.45, 2.75) is 46.5 Å². The molecule has 0 aliphatic carbocycles. The molecule has 30 heavy (non-hydrogen) atoms. The first kappa shape index (κ1) is 22.0. The Hall–Kier alpha value is -2.70. The van der Waals surface area contributed by atoms with E-state index in [1.807, 2.05) is 30.9 Å². The molecule has 1 atom stereocenters. The van der Waals surface area contributed by atoms with Gasteiger partial charge in [0, 0.05) is 56.3 Å². The fourth-order valence-electron chi connectivity index (χ4n) is 3.69. The number of nitrogens with one attached hydrogen (secondary N) is 1. The first-order valence-corrected chi connectivity index (χ1v) is 10.8. The van der Waals surface area contributed by atoms with E-state index in [0.29, 0.717) is 44.7 Å². The number of hydrogen-bond donors (Lipinski definition) is 1. The van der Waals surface area contributed by atoms with Crippen LogP contribution in [0, 0.1) is 12.7 Å². The van der Waals surface area contributed by atoms with Gasteiger partial charge in [-0.25, -0.2) is 19.2 Å². The summed E-state index contributed by atoms with van der Waals surface area (Å²) in [6.07, 6.45) is 1.40. The van der Waals surface area contributed by atoms with Crippen LogP contribution >= 0.6 is 0 Å². The number of benzene rings is 1. The quantitative estimate of drug-likeness (QED) is 0.781. The molecule has 0 bridgehead atoms. The third-order valence-corrected chi connectivity index (χ3v) is 5.78. The Balaban J connectivity index is 1.92. The highest BCUT2D eigenvalue weighted by atomic mass is 19.1. The minimum Gasteiger partial charge on any atom is -0.353 e. The molecule has 2 amide bonds. The summed E-state index contributed by atoms with van der Waals surface area (Å²) < 4.78 is 14.4.